The third-order valence-corrected chi connectivity index (χ3v) is 4.29. The lowest BCUT2D eigenvalue weighted by atomic mass is 10.1. The van der Waals surface area contributed by atoms with Crippen LogP contribution in [-0.4, -0.2) is 11.9 Å². The van der Waals surface area contributed by atoms with Gasteiger partial charge in [-0.15, -0.1) is 11.3 Å². The van der Waals surface area contributed by atoms with E-state index in [1.165, 1.54) is 11.3 Å². The quantitative estimate of drug-likeness (QED) is 0.894. The second kappa shape index (κ2) is 5.33. The van der Waals surface area contributed by atoms with Crippen molar-refractivity contribution in [3.63, 3.8) is 0 Å². The molecular weight excluding hydrogens is 232 g/mol. The van der Waals surface area contributed by atoms with Crippen LogP contribution in [0, 0.1) is 17.2 Å². The molecule has 17 heavy (non-hydrogen) atoms. The molecule has 1 aliphatic rings. The van der Waals surface area contributed by atoms with Gasteiger partial charge in [-0.1, -0.05) is 6.92 Å². The Morgan fingerprint density at radius 3 is 3.18 bits per heavy atom. The summed E-state index contributed by atoms with van der Waals surface area (Å²) >= 11 is 1.48. The summed E-state index contributed by atoms with van der Waals surface area (Å²) in [5.41, 5.74) is 1.10. The molecule has 1 aromatic rings. The Bertz CT molecular complexity index is 447. The molecule has 0 bridgehead atoms. The van der Waals surface area contributed by atoms with E-state index in [0.717, 1.165) is 36.1 Å². The Labute approximate surface area is 105 Å². The van der Waals surface area contributed by atoms with Crippen LogP contribution in [0.1, 0.15) is 41.4 Å². The molecule has 1 saturated carbocycles. The topological polar surface area (TPSA) is 52.9 Å². The van der Waals surface area contributed by atoms with Gasteiger partial charge in [-0.25, -0.2) is 0 Å². The maximum atomic E-state index is 12.1. The second-order valence-corrected chi connectivity index (χ2v) is 5.29. The molecule has 4 heteroatoms. The normalized spacial score (nSPS) is 23.3. The number of amides is 1. The van der Waals surface area contributed by atoms with Crippen molar-refractivity contribution >= 4 is 17.2 Å². The molecule has 2 atom stereocenters. The third kappa shape index (κ3) is 2.50. The number of nitrogens with zero attached hydrogens (tertiary/aromatic N) is 1. The lowest BCUT2D eigenvalue weighted by Crippen LogP contribution is -2.36. The Hall–Kier alpha value is -1.34. The van der Waals surface area contributed by atoms with Crippen LogP contribution in [0.4, 0.5) is 0 Å². The average Bonchev–Trinajstić information content (AvgIpc) is 2.96. The van der Waals surface area contributed by atoms with Crippen LogP contribution in [0.5, 0.6) is 0 Å². The highest BCUT2D eigenvalue weighted by Gasteiger charge is 2.29. The van der Waals surface area contributed by atoms with E-state index in [1.54, 1.807) is 0 Å². The summed E-state index contributed by atoms with van der Waals surface area (Å²) in [7, 11) is 0. The average molecular weight is 248 g/mol. The van der Waals surface area contributed by atoms with Crippen molar-refractivity contribution in [1.29, 1.82) is 5.26 Å². The Morgan fingerprint density at radius 2 is 2.47 bits per heavy atom. The van der Waals surface area contributed by atoms with Crippen LogP contribution >= 0.6 is 11.3 Å². The van der Waals surface area contributed by atoms with Gasteiger partial charge in [0.25, 0.3) is 5.91 Å². The zero-order valence-corrected chi connectivity index (χ0v) is 10.7. The van der Waals surface area contributed by atoms with Crippen molar-refractivity contribution in [2.24, 2.45) is 5.92 Å². The highest BCUT2D eigenvalue weighted by molar-refractivity contribution is 7.12. The van der Waals surface area contributed by atoms with Crippen molar-refractivity contribution in [3.05, 3.63) is 21.9 Å². The largest absolute Gasteiger partial charge is 0.347 e. The van der Waals surface area contributed by atoms with Crippen molar-refractivity contribution < 1.29 is 4.79 Å². The van der Waals surface area contributed by atoms with E-state index in [9.17, 15) is 4.79 Å². The number of aryl methyl sites for hydroxylation is 1. The van der Waals surface area contributed by atoms with Crippen LogP contribution in [0.25, 0.3) is 0 Å². The van der Waals surface area contributed by atoms with E-state index < -0.39 is 0 Å². The van der Waals surface area contributed by atoms with E-state index in [-0.39, 0.29) is 17.9 Å². The predicted octanol–water partition coefficient (Wildman–Crippen LogP) is 2.73. The van der Waals surface area contributed by atoms with Crippen molar-refractivity contribution in [2.45, 2.75) is 38.6 Å². The SMILES string of the molecule is CCc1ccsc1C(=O)NC1CCCC1C#N. The number of carbonyl (C=O) groups is 1. The fraction of sp³-hybridized carbons (Fsp3) is 0.538. The van der Waals surface area contributed by atoms with Crippen molar-refractivity contribution in [1.82, 2.24) is 5.32 Å². The minimum absolute atomic E-state index is 0.0102. The predicted molar refractivity (Wildman–Crippen MR) is 67.9 cm³/mol. The van der Waals surface area contributed by atoms with Gasteiger partial charge in [-0.3, -0.25) is 4.79 Å². The lowest BCUT2D eigenvalue weighted by Gasteiger charge is -2.15. The highest BCUT2D eigenvalue weighted by atomic mass is 32.1. The summed E-state index contributed by atoms with van der Waals surface area (Å²) in [6, 6.07) is 4.32. The molecule has 0 aromatic carbocycles. The number of nitriles is 1. The Balaban J connectivity index is 2.05. The van der Waals surface area contributed by atoms with Crippen LogP contribution in [0.3, 0.4) is 0 Å². The number of hydrogen-bond acceptors (Lipinski definition) is 3. The molecule has 2 unspecified atom stereocenters. The molecule has 0 aliphatic heterocycles. The van der Waals surface area contributed by atoms with E-state index in [2.05, 4.69) is 11.4 Å². The van der Waals surface area contributed by atoms with Gasteiger partial charge in [0.2, 0.25) is 0 Å². The monoisotopic (exact) mass is 248 g/mol. The molecule has 1 N–H and O–H groups in total. The van der Waals surface area contributed by atoms with Gasteiger partial charge in [0.1, 0.15) is 0 Å². The summed E-state index contributed by atoms with van der Waals surface area (Å²) < 4.78 is 0. The molecule has 1 aromatic heterocycles. The summed E-state index contributed by atoms with van der Waals surface area (Å²) in [6.07, 6.45) is 3.75. The maximum Gasteiger partial charge on any atom is 0.261 e. The standard InChI is InChI=1S/C13H16N2OS/c1-2-9-6-7-17-12(9)13(16)15-11-5-3-4-10(11)8-14/h6-7,10-11H,2-5H2,1H3,(H,15,16). The zero-order chi connectivity index (χ0) is 12.3. The second-order valence-electron chi connectivity index (χ2n) is 4.37. The van der Waals surface area contributed by atoms with E-state index >= 15 is 0 Å². The van der Waals surface area contributed by atoms with Crippen LogP contribution in [0.15, 0.2) is 11.4 Å². The summed E-state index contributed by atoms with van der Waals surface area (Å²) in [6.45, 7) is 2.05. The van der Waals surface area contributed by atoms with Crippen LogP contribution in [-0.2, 0) is 6.42 Å². The number of rotatable bonds is 3. The van der Waals surface area contributed by atoms with Gasteiger partial charge in [0, 0.05) is 6.04 Å². The molecule has 1 aliphatic carbocycles. The van der Waals surface area contributed by atoms with E-state index in [4.69, 9.17) is 5.26 Å². The molecule has 0 saturated heterocycles. The number of thiophene rings is 1. The molecule has 0 spiro atoms. The molecule has 2 rings (SSSR count). The van der Waals surface area contributed by atoms with Gasteiger partial charge in [0.05, 0.1) is 16.9 Å². The molecule has 3 nitrogen and oxygen atoms in total. The number of nitrogens with one attached hydrogen (secondary N) is 1. The fourth-order valence-electron chi connectivity index (χ4n) is 2.33. The maximum absolute atomic E-state index is 12.1. The first-order chi connectivity index (χ1) is 8.26. The number of carbonyl (C=O) groups excluding carboxylic acids is 1. The first-order valence-electron chi connectivity index (χ1n) is 6.03. The van der Waals surface area contributed by atoms with Gasteiger partial charge in [-0.05, 0) is 42.7 Å². The van der Waals surface area contributed by atoms with Gasteiger partial charge in [0.15, 0.2) is 0 Å². The number of hydrogen-bond donors (Lipinski definition) is 1. The highest BCUT2D eigenvalue weighted by Crippen LogP contribution is 2.26. The van der Waals surface area contributed by atoms with Crippen LogP contribution in [0.2, 0.25) is 0 Å². The van der Waals surface area contributed by atoms with Crippen molar-refractivity contribution in [2.75, 3.05) is 0 Å². The fourth-order valence-corrected chi connectivity index (χ4v) is 3.23. The zero-order valence-electron chi connectivity index (χ0n) is 9.90. The summed E-state index contributed by atoms with van der Waals surface area (Å²) in [5.74, 6) is -0.0204. The summed E-state index contributed by atoms with van der Waals surface area (Å²) in [4.78, 5) is 12.9. The molecule has 1 heterocycles. The van der Waals surface area contributed by atoms with Gasteiger partial charge in [-0.2, -0.15) is 5.26 Å². The first-order valence-corrected chi connectivity index (χ1v) is 6.91. The van der Waals surface area contributed by atoms with Gasteiger partial charge >= 0.3 is 0 Å². The van der Waals surface area contributed by atoms with Crippen molar-refractivity contribution in [3.8, 4) is 6.07 Å². The van der Waals surface area contributed by atoms with Gasteiger partial charge < -0.3 is 5.32 Å². The Morgan fingerprint density at radius 1 is 1.65 bits per heavy atom. The van der Waals surface area contributed by atoms with Crippen LogP contribution < -0.4 is 5.32 Å². The third-order valence-electron chi connectivity index (χ3n) is 3.33. The first kappa shape index (κ1) is 12.1. The Kier molecular flexibility index (Phi) is 3.80. The smallest absolute Gasteiger partial charge is 0.261 e. The minimum Gasteiger partial charge on any atom is -0.347 e. The molecule has 0 radical (unpaired) electrons. The lowest BCUT2D eigenvalue weighted by molar-refractivity contribution is 0.0936. The summed E-state index contributed by atoms with van der Waals surface area (Å²) in [5, 5.41) is 13.9. The molecule has 1 amide bonds. The van der Waals surface area contributed by atoms with E-state index in [1.807, 2.05) is 18.4 Å². The molecule has 90 valence electrons. The molecule has 1 fully saturated rings. The molecular formula is C13H16N2OS. The van der Waals surface area contributed by atoms with E-state index in [0.29, 0.717) is 0 Å². The minimum atomic E-state index is -0.0102.